The summed E-state index contributed by atoms with van der Waals surface area (Å²) in [6, 6.07) is 21.6. The number of imidazole rings is 1. The van der Waals surface area contributed by atoms with Crippen LogP contribution in [0.3, 0.4) is 0 Å². The molecule has 0 atom stereocenters. The third-order valence-corrected chi connectivity index (χ3v) is 4.13. The zero-order chi connectivity index (χ0) is 16.4. The number of halogens is 2. The second-order valence-corrected chi connectivity index (χ2v) is 5.74. The first-order chi connectivity index (χ1) is 11.8. The summed E-state index contributed by atoms with van der Waals surface area (Å²) in [5.74, 6) is 1.65. The van der Waals surface area contributed by atoms with Crippen molar-refractivity contribution in [1.82, 2.24) is 14.5 Å². The van der Waals surface area contributed by atoms with Crippen molar-refractivity contribution in [2.24, 2.45) is 0 Å². The van der Waals surface area contributed by atoms with Crippen LogP contribution >= 0.6 is 24.0 Å². The van der Waals surface area contributed by atoms with Gasteiger partial charge in [-0.1, -0.05) is 48.0 Å². The van der Waals surface area contributed by atoms with Gasteiger partial charge in [-0.15, -0.1) is 12.4 Å². The molecule has 0 unspecified atom stereocenters. The third-order valence-electron chi connectivity index (χ3n) is 3.78. The Morgan fingerprint density at radius 2 is 1.60 bits per heavy atom. The second-order valence-electron chi connectivity index (χ2n) is 5.34. The lowest BCUT2D eigenvalue weighted by Gasteiger charge is -2.05. The fourth-order valence-corrected chi connectivity index (χ4v) is 2.86. The molecule has 0 radical (unpaired) electrons. The second kappa shape index (κ2) is 7.51. The van der Waals surface area contributed by atoms with Crippen LogP contribution in [0.4, 0.5) is 0 Å². The van der Waals surface area contributed by atoms with E-state index >= 15 is 0 Å². The van der Waals surface area contributed by atoms with Crippen LogP contribution in [-0.2, 0) is 0 Å². The predicted molar refractivity (Wildman–Crippen MR) is 106 cm³/mol. The SMILES string of the molecule is Cl.Clc1ccccc1C=Cc1nc2ccccc2n1-c1ccccn1. The van der Waals surface area contributed by atoms with Crippen LogP contribution in [-0.4, -0.2) is 14.5 Å². The minimum atomic E-state index is 0. The van der Waals surface area contributed by atoms with E-state index in [4.69, 9.17) is 16.6 Å². The number of nitrogens with zero attached hydrogens (tertiary/aromatic N) is 3. The van der Waals surface area contributed by atoms with Crippen molar-refractivity contribution < 1.29 is 0 Å². The number of benzene rings is 2. The average molecular weight is 368 g/mol. The molecule has 0 N–H and O–H groups in total. The smallest absolute Gasteiger partial charge is 0.139 e. The molecule has 25 heavy (non-hydrogen) atoms. The topological polar surface area (TPSA) is 30.7 Å². The van der Waals surface area contributed by atoms with Crippen LogP contribution in [0, 0.1) is 0 Å². The minimum Gasteiger partial charge on any atom is -0.277 e. The monoisotopic (exact) mass is 367 g/mol. The number of pyridine rings is 1. The highest BCUT2D eigenvalue weighted by molar-refractivity contribution is 6.32. The molecule has 0 fully saturated rings. The molecule has 0 aliphatic heterocycles. The van der Waals surface area contributed by atoms with Crippen LogP contribution in [0.2, 0.25) is 5.02 Å². The first-order valence-corrected chi connectivity index (χ1v) is 8.02. The summed E-state index contributed by atoms with van der Waals surface area (Å²) in [4.78, 5) is 9.19. The molecule has 2 heterocycles. The van der Waals surface area contributed by atoms with Gasteiger partial charge in [-0.25, -0.2) is 9.97 Å². The Bertz CT molecular complexity index is 1020. The molecule has 2 aromatic carbocycles. The van der Waals surface area contributed by atoms with Gasteiger partial charge < -0.3 is 0 Å². The minimum absolute atomic E-state index is 0. The maximum absolute atomic E-state index is 6.24. The van der Waals surface area contributed by atoms with E-state index < -0.39 is 0 Å². The van der Waals surface area contributed by atoms with Crippen LogP contribution in [0.5, 0.6) is 0 Å². The van der Waals surface area contributed by atoms with Crippen molar-refractivity contribution in [2.45, 2.75) is 0 Å². The van der Waals surface area contributed by atoms with Crippen LogP contribution < -0.4 is 0 Å². The van der Waals surface area contributed by atoms with Crippen LogP contribution in [0.1, 0.15) is 11.4 Å². The molecule has 4 aromatic rings. The van der Waals surface area contributed by atoms with E-state index in [-0.39, 0.29) is 12.4 Å². The molecular formula is C20H15Cl2N3. The highest BCUT2D eigenvalue weighted by Crippen LogP contribution is 2.23. The van der Waals surface area contributed by atoms with Crippen LogP contribution in [0.15, 0.2) is 72.9 Å². The lowest BCUT2D eigenvalue weighted by Crippen LogP contribution is -1.99. The Morgan fingerprint density at radius 3 is 2.40 bits per heavy atom. The highest BCUT2D eigenvalue weighted by atomic mass is 35.5. The Hall–Kier alpha value is -2.62. The van der Waals surface area contributed by atoms with E-state index in [0.29, 0.717) is 5.02 Å². The van der Waals surface area contributed by atoms with E-state index in [2.05, 4.69) is 4.98 Å². The van der Waals surface area contributed by atoms with Crippen molar-refractivity contribution in [3.05, 3.63) is 89.3 Å². The largest absolute Gasteiger partial charge is 0.277 e. The van der Waals surface area contributed by atoms with Gasteiger partial charge >= 0.3 is 0 Å². The summed E-state index contributed by atoms with van der Waals surface area (Å²) in [7, 11) is 0. The fraction of sp³-hybridized carbons (Fsp3) is 0. The molecule has 0 aliphatic carbocycles. The van der Waals surface area contributed by atoms with Crippen molar-refractivity contribution in [1.29, 1.82) is 0 Å². The lowest BCUT2D eigenvalue weighted by atomic mass is 10.2. The molecule has 0 aliphatic rings. The van der Waals surface area contributed by atoms with Crippen molar-refractivity contribution in [2.75, 3.05) is 0 Å². The van der Waals surface area contributed by atoms with E-state index in [1.165, 1.54) is 0 Å². The number of aromatic nitrogens is 3. The van der Waals surface area contributed by atoms with Gasteiger partial charge in [-0.05, 0) is 48.0 Å². The summed E-state index contributed by atoms with van der Waals surface area (Å²) in [6.07, 6.45) is 5.73. The summed E-state index contributed by atoms with van der Waals surface area (Å²) in [5.41, 5.74) is 2.91. The van der Waals surface area contributed by atoms with Crippen molar-refractivity contribution in [3.8, 4) is 5.82 Å². The average Bonchev–Trinajstić information content (AvgIpc) is 3.00. The van der Waals surface area contributed by atoms with E-state index in [1.54, 1.807) is 6.20 Å². The maximum Gasteiger partial charge on any atom is 0.139 e. The number of hydrogen-bond acceptors (Lipinski definition) is 2. The molecule has 0 bridgehead atoms. The van der Waals surface area contributed by atoms with E-state index in [1.807, 2.05) is 83.4 Å². The Labute approximate surface area is 157 Å². The molecule has 0 amide bonds. The summed E-state index contributed by atoms with van der Waals surface area (Å²) in [5, 5.41) is 0.717. The van der Waals surface area contributed by atoms with Gasteiger partial charge in [0.15, 0.2) is 0 Å². The number of fused-ring (bicyclic) bond motifs is 1. The Kier molecular flexibility index (Phi) is 5.17. The van der Waals surface area contributed by atoms with Crippen LogP contribution in [0.25, 0.3) is 29.0 Å². The molecule has 3 nitrogen and oxygen atoms in total. The molecule has 124 valence electrons. The Balaban J connectivity index is 0.00000182. The molecular weight excluding hydrogens is 353 g/mol. The quantitative estimate of drug-likeness (QED) is 0.467. The fourth-order valence-electron chi connectivity index (χ4n) is 2.66. The lowest BCUT2D eigenvalue weighted by molar-refractivity contribution is 1.01. The molecule has 5 heteroatoms. The van der Waals surface area contributed by atoms with Gasteiger partial charge in [0.25, 0.3) is 0 Å². The van der Waals surface area contributed by atoms with Gasteiger partial charge in [0.2, 0.25) is 0 Å². The van der Waals surface area contributed by atoms with Gasteiger partial charge in [0, 0.05) is 11.2 Å². The number of para-hydroxylation sites is 2. The van der Waals surface area contributed by atoms with Gasteiger partial charge in [-0.3, -0.25) is 4.57 Å². The number of rotatable bonds is 3. The van der Waals surface area contributed by atoms with Crippen molar-refractivity contribution >= 4 is 47.2 Å². The van der Waals surface area contributed by atoms with E-state index in [9.17, 15) is 0 Å². The molecule has 2 aromatic heterocycles. The van der Waals surface area contributed by atoms with E-state index in [0.717, 1.165) is 28.2 Å². The summed E-state index contributed by atoms with van der Waals surface area (Å²) >= 11 is 6.24. The van der Waals surface area contributed by atoms with Gasteiger partial charge in [0.05, 0.1) is 11.0 Å². The molecule has 0 saturated heterocycles. The summed E-state index contributed by atoms with van der Waals surface area (Å²) in [6.45, 7) is 0. The first-order valence-electron chi connectivity index (χ1n) is 7.64. The zero-order valence-electron chi connectivity index (χ0n) is 13.2. The first kappa shape index (κ1) is 17.2. The zero-order valence-corrected chi connectivity index (χ0v) is 14.8. The highest BCUT2D eigenvalue weighted by Gasteiger charge is 2.10. The summed E-state index contributed by atoms with van der Waals surface area (Å²) < 4.78 is 2.04. The Morgan fingerprint density at radius 1 is 0.840 bits per heavy atom. The standard InChI is InChI=1S/C20H14ClN3.ClH/c21-16-8-2-1-7-15(16)12-13-20-23-17-9-3-4-10-18(17)24(20)19-11-5-6-14-22-19;/h1-14H;1H. The molecule has 4 rings (SSSR count). The maximum atomic E-state index is 6.24. The predicted octanol–water partition coefficient (Wildman–Crippen LogP) is 5.67. The normalized spacial score (nSPS) is 10.9. The van der Waals surface area contributed by atoms with Gasteiger partial charge in [0.1, 0.15) is 11.6 Å². The molecule has 0 saturated carbocycles. The number of hydrogen-bond donors (Lipinski definition) is 0. The third kappa shape index (κ3) is 3.43. The van der Waals surface area contributed by atoms with Gasteiger partial charge in [-0.2, -0.15) is 0 Å². The van der Waals surface area contributed by atoms with Crippen molar-refractivity contribution in [3.63, 3.8) is 0 Å². The molecule has 0 spiro atoms.